The van der Waals surface area contributed by atoms with E-state index >= 15 is 0 Å². The van der Waals surface area contributed by atoms with Gasteiger partial charge in [-0.2, -0.15) is 0 Å². The Morgan fingerprint density at radius 1 is 0.944 bits per heavy atom. The second kappa shape index (κ2) is 10.8. The summed E-state index contributed by atoms with van der Waals surface area (Å²) in [4.78, 5) is 68.8. The molecule has 2 amide bonds. The Kier molecular flexibility index (Phi) is 7.58. The summed E-state index contributed by atoms with van der Waals surface area (Å²) in [5.74, 6) is -1.36. The van der Waals surface area contributed by atoms with Gasteiger partial charge in [-0.15, -0.1) is 0 Å². The number of pyridine rings is 1. The highest BCUT2D eigenvalue weighted by Gasteiger charge is 2.37. The predicted molar refractivity (Wildman–Crippen MR) is 131 cm³/mol. The van der Waals surface area contributed by atoms with Gasteiger partial charge in [-0.05, 0) is 26.0 Å². The molecule has 0 bridgehead atoms. The number of piperidine rings is 1. The Hall–Kier alpha value is -3.86. The largest absolute Gasteiger partial charge is 0.340 e. The van der Waals surface area contributed by atoms with Crippen LogP contribution in [0.15, 0.2) is 53.5 Å². The van der Waals surface area contributed by atoms with E-state index in [0.717, 1.165) is 23.7 Å². The number of nitro groups is 1. The van der Waals surface area contributed by atoms with Crippen molar-refractivity contribution in [1.82, 2.24) is 19.3 Å². The van der Waals surface area contributed by atoms with E-state index in [1.807, 2.05) is 11.9 Å². The molecule has 1 unspecified atom stereocenters. The smallest absolute Gasteiger partial charge is 0.270 e. The number of nitro benzene ring substituents is 1. The number of amides is 2. The molecule has 1 aromatic carbocycles. The maximum atomic E-state index is 13.6. The number of aromatic nitrogens is 1. The number of piperazine rings is 1. The number of Topliss-reactive ketones (excluding diaryl/α,β-unsaturated/α-hetero) is 1. The molecule has 1 atom stereocenters. The highest BCUT2D eigenvalue weighted by molar-refractivity contribution is 6.12. The van der Waals surface area contributed by atoms with Gasteiger partial charge >= 0.3 is 0 Å². The van der Waals surface area contributed by atoms with Crippen LogP contribution in [0.5, 0.6) is 0 Å². The summed E-state index contributed by atoms with van der Waals surface area (Å²) in [6, 6.07) is 7.94. The molecular weight excluding hydrogens is 466 g/mol. The molecule has 0 N–H and O–H groups in total. The standard InChI is InChI=1S/C25H29N5O6/c1-26-13-15-28(16-14-26)24(33)18-8-11-27(12-9-18)25(34)22(29-10-3-2-7-21(29)31)23(32)19-5-4-6-20(17-19)30(35)36/h2-7,10,17-18,22H,8-9,11-16H2,1H3. The lowest BCUT2D eigenvalue weighted by molar-refractivity contribution is -0.384. The monoisotopic (exact) mass is 495 g/mol. The second-order valence-corrected chi connectivity index (χ2v) is 9.25. The summed E-state index contributed by atoms with van der Waals surface area (Å²) < 4.78 is 1.06. The molecule has 11 heteroatoms. The van der Waals surface area contributed by atoms with Crippen molar-refractivity contribution in [2.24, 2.45) is 5.92 Å². The molecule has 2 fully saturated rings. The van der Waals surface area contributed by atoms with Crippen molar-refractivity contribution in [2.75, 3.05) is 46.3 Å². The molecule has 1 aromatic heterocycles. The molecule has 3 heterocycles. The van der Waals surface area contributed by atoms with Crippen molar-refractivity contribution < 1.29 is 19.3 Å². The first-order valence-electron chi connectivity index (χ1n) is 12.0. The van der Waals surface area contributed by atoms with Crippen LogP contribution in [0, 0.1) is 16.0 Å². The van der Waals surface area contributed by atoms with Gasteiger partial charge in [0.15, 0.2) is 11.8 Å². The molecule has 2 saturated heterocycles. The normalized spacial score (nSPS) is 18.0. The topological polar surface area (TPSA) is 126 Å². The van der Waals surface area contributed by atoms with Gasteiger partial charge in [-0.1, -0.05) is 18.2 Å². The van der Waals surface area contributed by atoms with Gasteiger partial charge in [0.1, 0.15) is 0 Å². The van der Waals surface area contributed by atoms with Gasteiger partial charge in [0.2, 0.25) is 5.91 Å². The van der Waals surface area contributed by atoms with E-state index in [1.165, 1.54) is 41.4 Å². The number of ketones is 1. The maximum absolute atomic E-state index is 13.6. The highest BCUT2D eigenvalue weighted by Crippen LogP contribution is 2.25. The molecule has 0 radical (unpaired) electrons. The molecule has 0 spiro atoms. The molecule has 2 aliphatic rings. The van der Waals surface area contributed by atoms with Crippen molar-refractivity contribution in [3.05, 3.63) is 74.7 Å². The maximum Gasteiger partial charge on any atom is 0.270 e. The molecule has 36 heavy (non-hydrogen) atoms. The summed E-state index contributed by atoms with van der Waals surface area (Å²) in [5.41, 5.74) is -0.844. The minimum atomic E-state index is -1.49. The average molecular weight is 496 g/mol. The van der Waals surface area contributed by atoms with Crippen LogP contribution in [-0.4, -0.2) is 88.1 Å². The van der Waals surface area contributed by atoms with Gasteiger partial charge in [-0.25, -0.2) is 0 Å². The van der Waals surface area contributed by atoms with Crippen LogP contribution in [0.2, 0.25) is 0 Å². The number of hydrogen-bond acceptors (Lipinski definition) is 7. The summed E-state index contributed by atoms with van der Waals surface area (Å²) in [7, 11) is 2.02. The number of carbonyl (C=O) groups is 3. The Balaban J connectivity index is 1.53. The zero-order valence-electron chi connectivity index (χ0n) is 20.1. The van der Waals surface area contributed by atoms with Gasteiger partial charge in [0, 0.05) is 75.1 Å². The van der Waals surface area contributed by atoms with Crippen LogP contribution in [0.4, 0.5) is 5.69 Å². The summed E-state index contributed by atoms with van der Waals surface area (Å²) >= 11 is 0. The molecular formula is C25H29N5O6. The van der Waals surface area contributed by atoms with E-state index in [0.29, 0.717) is 25.9 Å². The number of carbonyl (C=O) groups excluding carboxylic acids is 3. The fourth-order valence-corrected chi connectivity index (χ4v) is 4.75. The van der Waals surface area contributed by atoms with Crippen molar-refractivity contribution in [1.29, 1.82) is 0 Å². The van der Waals surface area contributed by atoms with Crippen LogP contribution < -0.4 is 5.56 Å². The number of likely N-dealkylation sites (N-methyl/N-ethyl adjacent to an activating group) is 1. The van der Waals surface area contributed by atoms with Crippen LogP contribution in [0.1, 0.15) is 29.2 Å². The van der Waals surface area contributed by atoms with Crippen LogP contribution in [0.25, 0.3) is 0 Å². The molecule has 4 rings (SSSR count). The third kappa shape index (κ3) is 5.35. The Labute approximate surface area is 208 Å². The van der Waals surface area contributed by atoms with Crippen LogP contribution in [-0.2, 0) is 9.59 Å². The van der Waals surface area contributed by atoms with Gasteiger partial charge < -0.3 is 14.7 Å². The Bertz CT molecular complexity index is 1210. The van der Waals surface area contributed by atoms with Crippen molar-refractivity contribution >= 4 is 23.3 Å². The zero-order valence-corrected chi connectivity index (χ0v) is 20.1. The Morgan fingerprint density at radius 3 is 2.28 bits per heavy atom. The molecule has 2 aromatic rings. The number of non-ortho nitro benzene ring substituents is 1. The lowest BCUT2D eigenvalue weighted by Crippen LogP contribution is -2.52. The number of nitrogens with zero attached hydrogens (tertiary/aromatic N) is 5. The lowest BCUT2D eigenvalue weighted by Gasteiger charge is -2.38. The average Bonchev–Trinajstić information content (AvgIpc) is 2.90. The third-order valence-electron chi connectivity index (χ3n) is 6.92. The van der Waals surface area contributed by atoms with Gasteiger partial charge in [0.25, 0.3) is 17.2 Å². The first-order valence-corrected chi connectivity index (χ1v) is 12.0. The number of rotatable bonds is 6. The van der Waals surface area contributed by atoms with E-state index in [4.69, 9.17) is 0 Å². The SMILES string of the molecule is CN1CCN(C(=O)C2CCN(C(=O)C(C(=O)c3cccc([N+](=O)[O-])c3)n3ccccc3=O)CC2)CC1. The Morgan fingerprint density at radius 2 is 1.64 bits per heavy atom. The lowest BCUT2D eigenvalue weighted by atomic mass is 9.93. The minimum Gasteiger partial charge on any atom is -0.340 e. The van der Waals surface area contributed by atoms with Gasteiger partial charge in [-0.3, -0.25) is 33.9 Å². The minimum absolute atomic E-state index is 0.0292. The number of likely N-dealkylation sites (tertiary alicyclic amines) is 1. The van der Waals surface area contributed by atoms with E-state index in [2.05, 4.69) is 4.90 Å². The fraction of sp³-hybridized carbons (Fsp3) is 0.440. The molecule has 0 saturated carbocycles. The highest BCUT2D eigenvalue weighted by atomic mass is 16.6. The van der Waals surface area contributed by atoms with Crippen LogP contribution in [0.3, 0.4) is 0 Å². The zero-order chi connectivity index (χ0) is 25.8. The summed E-state index contributed by atoms with van der Waals surface area (Å²) in [5, 5.41) is 11.2. The van der Waals surface area contributed by atoms with Gasteiger partial charge in [0.05, 0.1) is 4.92 Å². The summed E-state index contributed by atoms with van der Waals surface area (Å²) in [6.45, 7) is 3.59. The van der Waals surface area contributed by atoms with E-state index in [9.17, 15) is 29.3 Å². The first kappa shape index (κ1) is 25.2. The quantitative estimate of drug-likeness (QED) is 0.255. The molecule has 11 nitrogen and oxygen atoms in total. The number of hydrogen-bond donors (Lipinski definition) is 0. The van der Waals surface area contributed by atoms with Crippen molar-refractivity contribution in [3.8, 4) is 0 Å². The molecule has 2 aliphatic heterocycles. The van der Waals surface area contributed by atoms with E-state index < -0.39 is 28.2 Å². The predicted octanol–water partition coefficient (Wildman–Crippen LogP) is 1.19. The van der Waals surface area contributed by atoms with Crippen molar-refractivity contribution in [3.63, 3.8) is 0 Å². The number of benzene rings is 1. The van der Waals surface area contributed by atoms with Crippen LogP contribution >= 0.6 is 0 Å². The summed E-state index contributed by atoms with van der Waals surface area (Å²) in [6.07, 6.45) is 2.31. The van der Waals surface area contributed by atoms with Crippen molar-refractivity contribution in [2.45, 2.75) is 18.9 Å². The first-order chi connectivity index (χ1) is 17.3. The second-order valence-electron chi connectivity index (χ2n) is 9.25. The van der Waals surface area contributed by atoms with E-state index in [1.54, 1.807) is 6.07 Å². The molecule has 190 valence electrons. The fourth-order valence-electron chi connectivity index (χ4n) is 4.75. The van der Waals surface area contributed by atoms with E-state index in [-0.39, 0.29) is 36.2 Å². The third-order valence-corrected chi connectivity index (χ3v) is 6.92. The molecule has 0 aliphatic carbocycles.